The topological polar surface area (TPSA) is 57.5 Å². The molecule has 0 unspecified atom stereocenters. The van der Waals surface area contributed by atoms with Crippen molar-refractivity contribution in [1.29, 1.82) is 0 Å². The van der Waals surface area contributed by atoms with E-state index in [4.69, 9.17) is 0 Å². The van der Waals surface area contributed by atoms with E-state index in [2.05, 4.69) is 33.7 Å². The zero-order valence-electron chi connectivity index (χ0n) is 12.4. The van der Waals surface area contributed by atoms with Crippen LogP contribution in [0, 0.1) is 0 Å². The third kappa shape index (κ3) is 2.83. The van der Waals surface area contributed by atoms with Crippen molar-refractivity contribution in [3.63, 3.8) is 0 Å². The van der Waals surface area contributed by atoms with E-state index in [0.717, 1.165) is 34.9 Å². The Morgan fingerprint density at radius 1 is 1.09 bits per heavy atom. The fraction of sp³-hybridized carbons (Fsp3) is 0.111. The average molecular weight is 321 g/mol. The van der Waals surface area contributed by atoms with Crippen molar-refractivity contribution in [3.05, 3.63) is 65.0 Å². The molecule has 0 radical (unpaired) electrons. The highest BCUT2D eigenvalue weighted by Crippen LogP contribution is 2.28. The van der Waals surface area contributed by atoms with E-state index in [1.54, 1.807) is 12.1 Å². The van der Waals surface area contributed by atoms with Crippen LogP contribution < -0.4 is 5.43 Å². The molecule has 114 valence electrons. The quantitative estimate of drug-likeness (QED) is 0.708. The molecule has 23 heavy (non-hydrogen) atoms. The number of rotatable bonds is 3. The number of aromatic nitrogens is 1. The molecule has 5 heteroatoms. The second-order valence-electron chi connectivity index (χ2n) is 5.42. The smallest absolute Gasteiger partial charge is 0.203 e. The van der Waals surface area contributed by atoms with E-state index in [0.29, 0.717) is 0 Å². The maximum Gasteiger partial charge on any atom is 0.203 e. The van der Waals surface area contributed by atoms with Gasteiger partial charge >= 0.3 is 0 Å². The SMILES string of the molecule is Oc1cccc(-c2csc(N/N=C3\CCc4ccccc43)n2)c1. The number of benzene rings is 2. The van der Waals surface area contributed by atoms with Gasteiger partial charge in [-0.3, -0.25) is 5.43 Å². The van der Waals surface area contributed by atoms with Gasteiger partial charge in [0.15, 0.2) is 0 Å². The monoisotopic (exact) mass is 321 g/mol. The molecular formula is C18H15N3OS. The number of phenols is 1. The van der Waals surface area contributed by atoms with Crippen molar-refractivity contribution < 1.29 is 5.11 Å². The number of nitrogens with one attached hydrogen (secondary N) is 1. The van der Waals surface area contributed by atoms with Crippen molar-refractivity contribution in [1.82, 2.24) is 4.98 Å². The van der Waals surface area contributed by atoms with Crippen LogP contribution in [0.15, 0.2) is 59.0 Å². The molecule has 0 aliphatic heterocycles. The Balaban J connectivity index is 1.54. The van der Waals surface area contributed by atoms with Gasteiger partial charge < -0.3 is 5.11 Å². The van der Waals surface area contributed by atoms with Gasteiger partial charge in [0, 0.05) is 16.5 Å². The lowest BCUT2D eigenvalue weighted by Crippen LogP contribution is -1.99. The number of hydrogen-bond acceptors (Lipinski definition) is 5. The lowest BCUT2D eigenvalue weighted by Gasteiger charge is -2.00. The summed E-state index contributed by atoms with van der Waals surface area (Å²) >= 11 is 1.50. The average Bonchev–Trinajstić information content (AvgIpc) is 3.20. The predicted octanol–water partition coefficient (Wildman–Crippen LogP) is 4.28. The van der Waals surface area contributed by atoms with Crippen LogP contribution in [-0.2, 0) is 6.42 Å². The number of thiazole rings is 1. The van der Waals surface area contributed by atoms with Gasteiger partial charge in [0.25, 0.3) is 0 Å². The van der Waals surface area contributed by atoms with E-state index in [1.807, 2.05) is 23.6 Å². The fourth-order valence-corrected chi connectivity index (χ4v) is 3.42. The summed E-state index contributed by atoms with van der Waals surface area (Å²) in [5.41, 5.74) is 8.45. The van der Waals surface area contributed by atoms with E-state index in [-0.39, 0.29) is 5.75 Å². The number of aryl methyl sites for hydroxylation is 1. The summed E-state index contributed by atoms with van der Waals surface area (Å²) in [6.07, 6.45) is 2.00. The van der Waals surface area contributed by atoms with Crippen molar-refractivity contribution in [3.8, 4) is 17.0 Å². The van der Waals surface area contributed by atoms with Crippen molar-refractivity contribution >= 4 is 22.2 Å². The minimum atomic E-state index is 0.243. The first-order chi connectivity index (χ1) is 11.3. The summed E-state index contributed by atoms with van der Waals surface area (Å²) in [5.74, 6) is 0.243. The summed E-state index contributed by atoms with van der Waals surface area (Å²) in [4.78, 5) is 4.53. The zero-order valence-corrected chi connectivity index (χ0v) is 13.2. The van der Waals surface area contributed by atoms with Crippen LogP contribution in [0.1, 0.15) is 17.5 Å². The molecule has 4 nitrogen and oxygen atoms in total. The lowest BCUT2D eigenvalue weighted by molar-refractivity contribution is 0.475. The normalized spacial score (nSPS) is 14.9. The highest BCUT2D eigenvalue weighted by atomic mass is 32.1. The highest BCUT2D eigenvalue weighted by molar-refractivity contribution is 7.14. The molecule has 0 bridgehead atoms. The molecule has 0 saturated carbocycles. The third-order valence-electron chi connectivity index (χ3n) is 3.89. The highest BCUT2D eigenvalue weighted by Gasteiger charge is 2.16. The molecule has 1 heterocycles. The standard InChI is InChI=1S/C18H15N3OS/c22-14-6-3-5-13(10-14)17-11-23-18(19-17)21-20-16-9-8-12-4-1-2-7-15(12)16/h1-7,10-11,22H,8-9H2,(H,19,21)/b20-16+. The van der Waals surface area contributed by atoms with Gasteiger partial charge in [0.1, 0.15) is 5.75 Å². The largest absolute Gasteiger partial charge is 0.508 e. The van der Waals surface area contributed by atoms with Crippen LogP contribution in [0.5, 0.6) is 5.75 Å². The maximum absolute atomic E-state index is 9.56. The lowest BCUT2D eigenvalue weighted by atomic mass is 10.1. The Morgan fingerprint density at radius 2 is 2.00 bits per heavy atom. The van der Waals surface area contributed by atoms with Crippen LogP contribution in [0.3, 0.4) is 0 Å². The minimum Gasteiger partial charge on any atom is -0.508 e. The Labute approximate surface area is 138 Å². The molecule has 2 aromatic carbocycles. The van der Waals surface area contributed by atoms with Crippen molar-refractivity contribution in [2.24, 2.45) is 5.10 Å². The zero-order chi connectivity index (χ0) is 15.6. The van der Waals surface area contributed by atoms with Crippen LogP contribution in [-0.4, -0.2) is 15.8 Å². The number of fused-ring (bicyclic) bond motifs is 1. The number of hydrazone groups is 1. The van der Waals surface area contributed by atoms with Gasteiger partial charge in [-0.25, -0.2) is 4.98 Å². The first-order valence-electron chi connectivity index (χ1n) is 7.45. The first-order valence-corrected chi connectivity index (χ1v) is 8.33. The number of phenolic OH excluding ortho intramolecular Hbond substituents is 1. The molecular weight excluding hydrogens is 306 g/mol. The molecule has 0 saturated heterocycles. The summed E-state index contributed by atoms with van der Waals surface area (Å²) in [5, 5.41) is 16.8. The van der Waals surface area contributed by atoms with Gasteiger partial charge in [0.2, 0.25) is 5.13 Å². The van der Waals surface area contributed by atoms with E-state index in [1.165, 1.54) is 22.5 Å². The maximum atomic E-state index is 9.56. The molecule has 3 aromatic rings. The van der Waals surface area contributed by atoms with Crippen LogP contribution in [0.4, 0.5) is 5.13 Å². The second kappa shape index (κ2) is 5.85. The van der Waals surface area contributed by atoms with Gasteiger partial charge in [-0.05, 0) is 30.5 Å². The molecule has 4 rings (SSSR count). The summed E-state index contributed by atoms with van der Waals surface area (Å²) in [7, 11) is 0. The van der Waals surface area contributed by atoms with Gasteiger partial charge in [-0.2, -0.15) is 5.10 Å². The Morgan fingerprint density at radius 3 is 2.91 bits per heavy atom. The van der Waals surface area contributed by atoms with E-state index < -0.39 is 0 Å². The predicted molar refractivity (Wildman–Crippen MR) is 94.1 cm³/mol. The molecule has 2 N–H and O–H groups in total. The first kappa shape index (κ1) is 14.0. The molecule has 0 spiro atoms. The van der Waals surface area contributed by atoms with Gasteiger partial charge in [-0.15, -0.1) is 11.3 Å². The minimum absolute atomic E-state index is 0.243. The van der Waals surface area contributed by atoms with Crippen molar-refractivity contribution in [2.45, 2.75) is 12.8 Å². The molecule has 1 aliphatic rings. The van der Waals surface area contributed by atoms with Crippen LogP contribution in [0.25, 0.3) is 11.3 Å². The van der Waals surface area contributed by atoms with Gasteiger partial charge in [-0.1, -0.05) is 36.4 Å². The molecule has 0 fully saturated rings. The fourth-order valence-electron chi connectivity index (χ4n) is 2.76. The van der Waals surface area contributed by atoms with Crippen LogP contribution in [0.2, 0.25) is 0 Å². The summed E-state index contributed by atoms with van der Waals surface area (Å²) in [6.45, 7) is 0. The van der Waals surface area contributed by atoms with E-state index >= 15 is 0 Å². The number of hydrogen-bond donors (Lipinski definition) is 2. The number of aromatic hydroxyl groups is 1. The van der Waals surface area contributed by atoms with Crippen molar-refractivity contribution in [2.75, 3.05) is 5.43 Å². The van der Waals surface area contributed by atoms with Gasteiger partial charge in [0.05, 0.1) is 11.4 Å². The second-order valence-corrected chi connectivity index (χ2v) is 6.27. The Bertz CT molecular complexity index is 885. The summed E-state index contributed by atoms with van der Waals surface area (Å²) < 4.78 is 0. The molecule has 0 amide bonds. The molecule has 1 aliphatic carbocycles. The Kier molecular flexibility index (Phi) is 3.55. The number of nitrogens with zero attached hydrogens (tertiary/aromatic N) is 2. The Hall–Kier alpha value is -2.66. The molecule has 0 atom stereocenters. The third-order valence-corrected chi connectivity index (χ3v) is 4.64. The van der Waals surface area contributed by atoms with E-state index in [9.17, 15) is 5.11 Å². The summed E-state index contributed by atoms with van der Waals surface area (Å²) in [6, 6.07) is 15.5. The molecule has 1 aromatic heterocycles. The van der Waals surface area contributed by atoms with Crippen LogP contribution >= 0.6 is 11.3 Å². The number of anilines is 1.